The fourth-order valence-corrected chi connectivity index (χ4v) is 1.97. The van der Waals surface area contributed by atoms with Crippen molar-refractivity contribution in [3.05, 3.63) is 34.9 Å². The molecule has 6 nitrogen and oxygen atoms in total. The summed E-state index contributed by atoms with van der Waals surface area (Å²) in [5, 5.41) is 11.6. The third kappa shape index (κ3) is 2.53. The number of ether oxygens (including phenoxy) is 1. The smallest absolute Gasteiger partial charge is 0.254 e. The zero-order valence-corrected chi connectivity index (χ0v) is 11.0. The molecule has 1 unspecified atom stereocenters. The molecule has 0 fully saturated rings. The van der Waals surface area contributed by atoms with Gasteiger partial charge in [0.15, 0.2) is 5.84 Å². The normalized spacial score (nSPS) is 16.0. The third-order valence-corrected chi connectivity index (χ3v) is 3.41. The number of fused-ring (bicyclic) bond motifs is 1. The molecular weight excluding hydrogens is 246 g/mol. The van der Waals surface area contributed by atoms with Gasteiger partial charge in [0.1, 0.15) is 0 Å². The zero-order valence-electron chi connectivity index (χ0n) is 11.0. The van der Waals surface area contributed by atoms with E-state index in [2.05, 4.69) is 5.16 Å². The molecule has 6 heteroatoms. The standard InChI is InChI=1S/C13H17N3O3/c1-8(12(14)15-18)16(2)13(17)9-3-4-10-6-19-7-11(10)5-9/h3-5,8,18H,6-7H2,1-2H3,(H2,14,15). The van der Waals surface area contributed by atoms with Gasteiger partial charge in [0, 0.05) is 12.6 Å². The molecule has 0 aliphatic carbocycles. The Morgan fingerprint density at radius 1 is 1.47 bits per heavy atom. The highest BCUT2D eigenvalue weighted by atomic mass is 16.5. The maximum atomic E-state index is 12.3. The number of nitrogens with two attached hydrogens (primary N) is 1. The number of nitrogens with zero attached hydrogens (tertiary/aromatic N) is 2. The molecule has 1 aliphatic heterocycles. The Labute approximate surface area is 111 Å². The first-order chi connectivity index (χ1) is 9.04. The Balaban J connectivity index is 2.20. The number of oxime groups is 1. The Kier molecular flexibility index (Phi) is 3.71. The topological polar surface area (TPSA) is 88.2 Å². The van der Waals surface area contributed by atoms with Crippen molar-refractivity contribution >= 4 is 11.7 Å². The van der Waals surface area contributed by atoms with Crippen LogP contribution in [0.1, 0.15) is 28.4 Å². The maximum absolute atomic E-state index is 12.3. The van der Waals surface area contributed by atoms with E-state index in [0.717, 1.165) is 11.1 Å². The second-order valence-electron chi connectivity index (χ2n) is 4.59. The number of benzene rings is 1. The largest absolute Gasteiger partial charge is 0.409 e. The van der Waals surface area contributed by atoms with Crippen LogP contribution in [0.3, 0.4) is 0 Å². The van der Waals surface area contributed by atoms with E-state index in [1.165, 1.54) is 4.90 Å². The van der Waals surface area contributed by atoms with Gasteiger partial charge in [-0.05, 0) is 30.2 Å². The Hall–Kier alpha value is -2.08. The zero-order chi connectivity index (χ0) is 14.0. The maximum Gasteiger partial charge on any atom is 0.254 e. The van der Waals surface area contributed by atoms with Crippen LogP contribution in [0.25, 0.3) is 0 Å². The van der Waals surface area contributed by atoms with Crippen LogP contribution in [0, 0.1) is 0 Å². The van der Waals surface area contributed by atoms with E-state index in [1.54, 1.807) is 20.0 Å². The fourth-order valence-electron chi connectivity index (χ4n) is 1.97. The summed E-state index contributed by atoms with van der Waals surface area (Å²) in [7, 11) is 1.62. The van der Waals surface area contributed by atoms with Crippen LogP contribution >= 0.6 is 0 Å². The molecule has 1 aliphatic rings. The van der Waals surface area contributed by atoms with Crippen molar-refractivity contribution in [3.8, 4) is 0 Å². The van der Waals surface area contributed by atoms with Crippen LogP contribution in [0.4, 0.5) is 0 Å². The molecule has 0 radical (unpaired) electrons. The first-order valence-corrected chi connectivity index (χ1v) is 5.98. The molecule has 19 heavy (non-hydrogen) atoms. The SMILES string of the molecule is CC(C(N)=NO)N(C)C(=O)c1ccc2c(c1)COC2. The van der Waals surface area contributed by atoms with E-state index < -0.39 is 6.04 Å². The molecule has 0 saturated heterocycles. The molecule has 0 saturated carbocycles. The first kappa shape index (κ1) is 13.4. The molecule has 1 aromatic rings. The van der Waals surface area contributed by atoms with Gasteiger partial charge in [0.25, 0.3) is 5.91 Å². The van der Waals surface area contributed by atoms with Gasteiger partial charge in [0.2, 0.25) is 0 Å². The molecule has 1 atom stereocenters. The predicted molar refractivity (Wildman–Crippen MR) is 69.9 cm³/mol. The highest BCUT2D eigenvalue weighted by Gasteiger charge is 2.22. The van der Waals surface area contributed by atoms with Crippen molar-refractivity contribution in [1.82, 2.24) is 4.90 Å². The number of carbonyl (C=O) groups is 1. The van der Waals surface area contributed by atoms with Gasteiger partial charge < -0.3 is 20.6 Å². The summed E-state index contributed by atoms with van der Waals surface area (Å²) in [6.45, 7) is 2.83. The van der Waals surface area contributed by atoms with Gasteiger partial charge in [0.05, 0.1) is 19.3 Å². The van der Waals surface area contributed by atoms with Gasteiger partial charge >= 0.3 is 0 Å². The summed E-state index contributed by atoms with van der Waals surface area (Å²) < 4.78 is 5.32. The van der Waals surface area contributed by atoms with E-state index in [0.29, 0.717) is 18.8 Å². The van der Waals surface area contributed by atoms with Crippen LogP contribution < -0.4 is 5.73 Å². The summed E-state index contributed by atoms with van der Waals surface area (Å²) in [6, 6.07) is 5.03. The van der Waals surface area contributed by atoms with Crippen molar-refractivity contribution in [2.24, 2.45) is 10.9 Å². The number of hydrogen-bond acceptors (Lipinski definition) is 4. The average molecular weight is 263 g/mol. The van der Waals surface area contributed by atoms with E-state index in [4.69, 9.17) is 15.7 Å². The minimum Gasteiger partial charge on any atom is -0.409 e. The number of rotatable bonds is 3. The van der Waals surface area contributed by atoms with Crippen LogP contribution in [-0.4, -0.2) is 34.9 Å². The summed E-state index contributed by atoms with van der Waals surface area (Å²) in [5.41, 5.74) is 8.24. The van der Waals surface area contributed by atoms with Gasteiger partial charge in [-0.3, -0.25) is 4.79 Å². The second-order valence-corrected chi connectivity index (χ2v) is 4.59. The third-order valence-electron chi connectivity index (χ3n) is 3.41. The molecule has 0 aromatic heterocycles. The van der Waals surface area contributed by atoms with Gasteiger partial charge in [-0.25, -0.2) is 0 Å². The molecule has 3 N–H and O–H groups in total. The quantitative estimate of drug-likeness (QED) is 0.367. The molecule has 102 valence electrons. The van der Waals surface area contributed by atoms with E-state index in [-0.39, 0.29) is 11.7 Å². The first-order valence-electron chi connectivity index (χ1n) is 5.98. The average Bonchev–Trinajstić information content (AvgIpc) is 2.91. The summed E-state index contributed by atoms with van der Waals surface area (Å²) in [4.78, 5) is 13.7. The number of hydrogen-bond donors (Lipinski definition) is 2. The lowest BCUT2D eigenvalue weighted by Crippen LogP contribution is -2.43. The minimum absolute atomic E-state index is 0.000318. The summed E-state index contributed by atoms with van der Waals surface area (Å²) >= 11 is 0. The number of likely N-dealkylation sites (N-methyl/N-ethyl adjacent to an activating group) is 1. The lowest BCUT2D eigenvalue weighted by molar-refractivity contribution is 0.0776. The lowest BCUT2D eigenvalue weighted by atomic mass is 10.1. The highest BCUT2D eigenvalue weighted by Crippen LogP contribution is 2.21. The van der Waals surface area contributed by atoms with Crippen molar-refractivity contribution < 1.29 is 14.7 Å². The van der Waals surface area contributed by atoms with Crippen LogP contribution in [0.2, 0.25) is 0 Å². The fraction of sp³-hybridized carbons (Fsp3) is 0.385. The van der Waals surface area contributed by atoms with Crippen molar-refractivity contribution in [3.63, 3.8) is 0 Å². The van der Waals surface area contributed by atoms with Crippen LogP contribution in [0.15, 0.2) is 23.4 Å². The minimum atomic E-state index is -0.470. The number of amidine groups is 1. The lowest BCUT2D eigenvalue weighted by Gasteiger charge is -2.24. The molecule has 1 aromatic carbocycles. The van der Waals surface area contributed by atoms with Crippen LogP contribution in [0.5, 0.6) is 0 Å². The molecular formula is C13H17N3O3. The molecule has 1 heterocycles. The second kappa shape index (κ2) is 5.27. The molecule has 2 rings (SSSR count). The monoisotopic (exact) mass is 263 g/mol. The van der Waals surface area contributed by atoms with Crippen molar-refractivity contribution in [2.75, 3.05) is 7.05 Å². The molecule has 1 amide bonds. The Bertz CT molecular complexity index is 528. The Morgan fingerprint density at radius 2 is 2.16 bits per heavy atom. The summed E-state index contributed by atoms with van der Waals surface area (Å²) in [5.74, 6) is -0.172. The summed E-state index contributed by atoms with van der Waals surface area (Å²) in [6.07, 6.45) is 0. The van der Waals surface area contributed by atoms with E-state index in [1.807, 2.05) is 12.1 Å². The van der Waals surface area contributed by atoms with Gasteiger partial charge in [-0.2, -0.15) is 0 Å². The van der Waals surface area contributed by atoms with E-state index >= 15 is 0 Å². The van der Waals surface area contributed by atoms with Crippen LogP contribution in [-0.2, 0) is 18.0 Å². The molecule has 0 bridgehead atoms. The molecule has 0 spiro atoms. The van der Waals surface area contributed by atoms with Crippen molar-refractivity contribution in [1.29, 1.82) is 0 Å². The number of amides is 1. The van der Waals surface area contributed by atoms with Crippen molar-refractivity contribution in [2.45, 2.75) is 26.2 Å². The highest BCUT2D eigenvalue weighted by molar-refractivity contribution is 5.98. The predicted octanol–water partition coefficient (Wildman–Crippen LogP) is 0.924. The Morgan fingerprint density at radius 3 is 2.84 bits per heavy atom. The van der Waals surface area contributed by atoms with E-state index in [9.17, 15) is 4.79 Å². The number of carbonyl (C=O) groups excluding carboxylic acids is 1. The van der Waals surface area contributed by atoms with Gasteiger partial charge in [-0.15, -0.1) is 0 Å². The van der Waals surface area contributed by atoms with Gasteiger partial charge in [-0.1, -0.05) is 11.2 Å².